The van der Waals surface area contributed by atoms with E-state index < -0.39 is 10.0 Å². The third-order valence-corrected chi connectivity index (χ3v) is 9.91. The molecular formula is C32H32N2O2S. The van der Waals surface area contributed by atoms with E-state index in [0.29, 0.717) is 17.9 Å². The molecule has 4 nitrogen and oxygen atoms in total. The lowest BCUT2D eigenvalue weighted by molar-refractivity contribution is 0.375. The van der Waals surface area contributed by atoms with E-state index in [4.69, 9.17) is 0 Å². The van der Waals surface area contributed by atoms with Crippen molar-refractivity contribution in [3.63, 3.8) is 0 Å². The van der Waals surface area contributed by atoms with Crippen LogP contribution in [0.15, 0.2) is 108 Å². The molecule has 4 atom stereocenters. The van der Waals surface area contributed by atoms with Gasteiger partial charge < -0.3 is 5.32 Å². The van der Waals surface area contributed by atoms with Gasteiger partial charge in [-0.25, -0.2) is 8.42 Å². The van der Waals surface area contributed by atoms with Crippen molar-refractivity contribution >= 4 is 15.7 Å². The third-order valence-electron chi connectivity index (χ3n) is 8.00. The Balaban J connectivity index is 1.49. The quantitative estimate of drug-likeness (QED) is 0.351. The van der Waals surface area contributed by atoms with Gasteiger partial charge in [0.1, 0.15) is 0 Å². The summed E-state index contributed by atoms with van der Waals surface area (Å²) in [5.41, 5.74) is 6.99. The topological polar surface area (TPSA) is 49.4 Å². The maximum atomic E-state index is 14.2. The standard InChI is InChI=1S/C32H32N2O2S/c1-22-13-16-26(17-14-22)37(35,36)34-21-28-31(25-11-7-4-8-12-25)27-19-23(2)15-18-29(27)33-32(28)30(34)20-24-9-5-3-6-10-24/h3-19,28,30-33H,20-21H2,1-2H3/t28-,30+,31+,32-/m1/s1. The van der Waals surface area contributed by atoms with Gasteiger partial charge in [-0.05, 0) is 55.2 Å². The molecule has 188 valence electrons. The average Bonchev–Trinajstić information content (AvgIpc) is 3.27. The van der Waals surface area contributed by atoms with E-state index in [2.05, 4.69) is 66.8 Å². The van der Waals surface area contributed by atoms with Crippen molar-refractivity contribution in [3.05, 3.63) is 131 Å². The molecule has 0 amide bonds. The zero-order valence-corrected chi connectivity index (χ0v) is 22.0. The van der Waals surface area contributed by atoms with E-state index >= 15 is 0 Å². The Morgan fingerprint density at radius 1 is 0.811 bits per heavy atom. The highest BCUT2D eigenvalue weighted by atomic mass is 32.2. The van der Waals surface area contributed by atoms with Gasteiger partial charge in [-0.3, -0.25) is 0 Å². The highest BCUT2D eigenvalue weighted by molar-refractivity contribution is 7.89. The third kappa shape index (κ3) is 4.36. The summed E-state index contributed by atoms with van der Waals surface area (Å²) in [7, 11) is -3.69. The van der Waals surface area contributed by atoms with Gasteiger partial charge in [0.25, 0.3) is 0 Å². The first-order valence-electron chi connectivity index (χ1n) is 13.0. The summed E-state index contributed by atoms with van der Waals surface area (Å²) in [5, 5.41) is 3.81. The molecule has 1 N–H and O–H groups in total. The van der Waals surface area contributed by atoms with Crippen LogP contribution in [0, 0.1) is 19.8 Å². The van der Waals surface area contributed by atoms with Crippen molar-refractivity contribution < 1.29 is 8.42 Å². The zero-order valence-electron chi connectivity index (χ0n) is 21.2. The number of anilines is 1. The fraction of sp³-hybridized carbons (Fsp3) is 0.250. The maximum absolute atomic E-state index is 14.2. The summed E-state index contributed by atoms with van der Waals surface area (Å²) < 4.78 is 30.1. The van der Waals surface area contributed by atoms with Crippen LogP contribution in [-0.2, 0) is 16.4 Å². The van der Waals surface area contributed by atoms with Crippen LogP contribution in [0.1, 0.15) is 33.7 Å². The molecular weight excluding hydrogens is 476 g/mol. The van der Waals surface area contributed by atoms with Crippen molar-refractivity contribution in [1.82, 2.24) is 4.31 Å². The molecule has 37 heavy (non-hydrogen) atoms. The second-order valence-electron chi connectivity index (χ2n) is 10.5. The highest BCUT2D eigenvalue weighted by Crippen LogP contribution is 2.49. The minimum absolute atomic E-state index is 0.0131. The maximum Gasteiger partial charge on any atom is 0.243 e. The van der Waals surface area contributed by atoms with Crippen LogP contribution in [0.5, 0.6) is 0 Å². The van der Waals surface area contributed by atoms with Crippen molar-refractivity contribution in [2.75, 3.05) is 11.9 Å². The predicted octanol–water partition coefficient (Wildman–Crippen LogP) is 6.16. The minimum Gasteiger partial charge on any atom is -0.380 e. The first-order chi connectivity index (χ1) is 17.9. The molecule has 4 aromatic carbocycles. The summed E-state index contributed by atoms with van der Waals surface area (Å²) in [6.07, 6.45) is 0.656. The number of nitrogens with zero attached hydrogens (tertiary/aromatic N) is 1. The van der Waals surface area contributed by atoms with E-state index in [-0.39, 0.29) is 23.9 Å². The van der Waals surface area contributed by atoms with Crippen molar-refractivity contribution in [3.8, 4) is 0 Å². The first-order valence-corrected chi connectivity index (χ1v) is 14.4. The second-order valence-corrected chi connectivity index (χ2v) is 12.3. The summed E-state index contributed by atoms with van der Waals surface area (Å²) >= 11 is 0. The molecule has 1 saturated heterocycles. The lowest BCUT2D eigenvalue weighted by Crippen LogP contribution is -2.46. The van der Waals surface area contributed by atoms with Crippen LogP contribution in [0.4, 0.5) is 5.69 Å². The second kappa shape index (κ2) is 9.47. The van der Waals surface area contributed by atoms with Crippen molar-refractivity contribution in [2.24, 2.45) is 5.92 Å². The summed E-state index contributed by atoms with van der Waals surface area (Å²) in [6, 6.07) is 34.4. The number of hydrogen-bond donors (Lipinski definition) is 1. The van der Waals surface area contributed by atoms with Gasteiger partial charge in [0, 0.05) is 36.2 Å². The van der Waals surface area contributed by atoms with Crippen molar-refractivity contribution in [1.29, 1.82) is 0 Å². The molecule has 6 rings (SSSR count). The molecule has 2 heterocycles. The van der Waals surface area contributed by atoms with E-state index in [1.54, 1.807) is 16.4 Å². The van der Waals surface area contributed by atoms with Gasteiger partial charge in [-0.1, -0.05) is 96.1 Å². The highest BCUT2D eigenvalue weighted by Gasteiger charge is 2.52. The zero-order chi connectivity index (χ0) is 25.6. The van der Waals surface area contributed by atoms with Gasteiger partial charge in [0.15, 0.2) is 0 Å². The van der Waals surface area contributed by atoms with Crippen LogP contribution in [0.2, 0.25) is 0 Å². The van der Waals surface area contributed by atoms with Crippen LogP contribution in [0.3, 0.4) is 0 Å². The number of hydrogen-bond acceptors (Lipinski definition) is 3. The molecule has 0 aliphatic carbocycles. The van der Waals surface area contributed by atoms with Crippen molar-refractivity contribution in [2.45, 2.75) is 43.2 Å². The Morgan fingerprint density at radius 2 is 1.46 bits per heavy atom. The Morgan fingerprint density at radius 3 is 2.16 bits per heavy atom. The largest absolute Gasteiger partial charge is 0.380 e. The van der Waals surface area contributed by atoms with Crippen LogP contribution in [-0.4, -0.2) is 31.4 Å². The Hall–Kier alpha value is -3.41. The lowest BCUT2D eigenvalue weighted by atomic mass is 9.73. The Kier molecular flexibility index (Phi) is 6.13. The SMILES string of the molecule is Cc1ccc(S(=O)(=O)N2C[C@@H]3[C@@H](c4ccccc4)c4cc(C)ccc4N[C@H]3[C@@H]2Cc2ccccc2)cc1. The molecule has 0 saturated carbocycles. The fourth-order valence-electron chi connectivity index (χ4n) is 6.21. The van der Waals surface area contributed by atoms with Crippen LogP contribution < -0.4 is 5.32 Å². The summed E-state index contributed by atoms with van der Waals surface area (Å²) in [5.74, 6) is 0.212. The molecule has 0 aromatic heterocycles. The summed E-state index contributed by atoms with van der Waals surface area (Å²) in [6.45, 7) is 4.57. The smallest absolute Gasteiger partial charge is 0.243 e. The van der Waals surface area contributed by atoms with Gasteiger partial charge in [0.2, 0.25) is 10.0 Å². The van der Waals surface area contributed by atoms with E-state index in [1.807, 2.05) is 43.3 Å². The summed E-state index contributed by atoms with van der Waals surface area (Å²) in [4.78, 5) is 0.361. The molecule has 0 bridgehead atoms. The van der Waals surface area contributed by atoms with E-state index in [9.17, 15) is 8.42 Å². The van der Waals surface area contributed by atoms with Gasteiger partial charge in [-0.15, -0.1) is 0 Å². The number of sulfonamides is 1. The monoisotopic (exact) mass is 508 g/mol. The molecule has 2 aliphatic rings. The number of nitrogens with one attached hydrogen (secondary N) is 1. The normalized spacial score (nSPS) is 23.2. The molecule has 4 aromatic rings. The molecule has 2 aliphatic heterocycles. The van der Waals surface area contributed by atoms with Crippen LogP contribution >= 0.6 is 0 Å². The average molecular weight is 509 g/mol. The van der Waals surface area contributed by atoms with Crippen LogP contribution in [0.25, 0.3) is 0 Å². The first kappa shape index (κ1) is 24.0. The van der Waals surface area contributed by atoms with E-state index in [0.717, 1.165) is 16.8 Å². The molecule has 0 radical (unpaired) electrons. The minimum atomic E-state index is -3.69. The molecule has 0 spiro atoms. The van der Waals surface area contributed by atoms with Gasteiger partial charge in [-0.2, -0.15) is 4.31 Å². The molecule has 5 heteroatoms. The molecule has 0 unspecified atom stereocenters. The Labute approximate surface area is 220 Å². The number of rotatable bonds is 5. The van der Waals surface area contributed by atoms with Gasteiger partial charge in [0.05, 0.1) is 4.90 Å². The molecule has 1 fully saturated rings. The fourth-order valence-corrected chi connectivity index (χ4v) is 7.89. The predicted molar refractivity (Wildman–Crippen MR) is 149 cm³/mol. The number of benzene rings is 4. The lowest BCUT2D eigenvalue weighted by Gasteiger charge is -2.39. The van der Waals surface area contributed by atoms with E-state index in [1.165, 1.54) is 16.7 Å². The van der Waals surface area contributed by atoms with Gasteiger partial charge >= 0.3 is 0 Å². The number of fused-ring (bicyclic) bond motifs is 2. The Bertz CT molecular complexity index is 1500. The number of aryl methyl sites for hydroxylation is 2.